The van der Waals surface area contributed by atoms with Crippen molar-refractivity contribution in [1.29, 1.82) is 0 Å². The number of fused-ring (bicyclic) bond motifs is 2. The van der Waals surface area contributed by atoms with Gasteiger partial charge in [-0.25, -0.2) is 0 Å². The first-order chi connectivity index (χ1) is 9.92. The van der Waals surface area contributed by atoms with Gasteiger partial charge in [-0.2, -0.15) is 0 Å². The molecule has 2 fully saturated rings. The van der Waals surface area contributed by atoms with Gasteiger partial charge in [-0.3, -0.25) is 4.79 Å². The first-order valence-electron chi connectivity index (χ1n) is 7.08. The third-order valence-corrected chi connectivity index (χ3v) is 4.45. The zero-order valence-electron chi connectivity index (χ0n) is 11.3. The number of hydrogen-bond donors (Lipinski definition) is 1. The van der Waals surface area contributed by atoms with Crippen molar-refractivity contribution in [2.75, 3.05) is 5.32 Å². The van der Waals surface area contributed by atoms with Crippen LogP contribution in [0, 0.1) is 17.8 Å². The number of carbonyl (C=O) groups excluding carboxylic acids is 1. The van der Waals surface area contributed by atoms with Gasteiger partial charge in [-0.15, -0.1) is 13.2 Å². The van der Waals surface area contributed by atoms with Crippen molar-refractivity contribution >= 4 is 11.6 Å². The first-order valence-corrected chi connectivity index (χ1v) is 7.08. The molecule has 114 valence electrons. The quantitative estimate of drug-likeness (QED) is 0.917. The lowest BCUT2D eigenvalue weighted by molar-refractivity contribution is -0.274. The molecular formula is C15H16F3NO2. The Hall–Kier alpha value is -1.72. The number of anilines is 1. The topological polar surface area (TPSA) is 38.3 Å². The zero-order chi connectivity index (χ0) is 15.0. The summed E-state index contributed by atoms with van der Waals surface area (Å²) in [6.07, 6.45) is -0.642. The van der Waals surface area contributed by atoms with Gasteiger partial charge in [0.1, 0.15) is 0 Å². The van der Waals surface area contributed by atoms with E-state index >= 15 is 0 Å². The molecule has 2 saturated carbocycles. The summed E-state index contributed by atoms with van der Waals surface area (Å²) in [5.74, 6) is 0.336. The Morgan fingerprint density at radius 1 is 1.19 bits per heavy atom. The van der Waals surface area contributed by atoms with E-state index in [-0.39, 0.29) is 23.3 Å². The number of nitrogens with one attached hydrogen (secondary N) is 1. The highest BCUT2D eigenvalue weighted by Crippen LogP contribution is 2.48. The number of amides is 1. The largest absolute Gasteiger partial charge is 0.573 e. The Morgan fingerprint density at radius 2 is 1.95 bits per heavy atom. The molecule has 2 bridgehead atoms. The van der Waals surface area contributed by atoms with E-state index in [2.05, 4.69) is 10.1 Å². The molecule has 0 saturated heterocycles. The van der Waals surface area contributed by atoms with Crippen molar-refractivity contribution in [3.8, 4) is 5.75 Å². The maximum absolute atomic E-state index is 12.3. The molecule has 1 amide bonds. The van der Waals surface area contributed by atoms with Crippen LogP contribution in [0.2, 0.25) is 0 Å². The molecule has 2 aliphatic carbocycles. The van der Waals surface area contributed by atoms with E-state index in [1.165, 1.54) is 24.6 Å². The minimum Gasteiger partial charge on any atom is -0.404 e. The van der Waals surface area contributed by atoms with Crippen molar-refractivity contribution < 1.29 is 22.7 Å². The fraction of sp³-hybridized carbons (Fsp3) is 0.533. The van der Waals surface area contributed by atoms with Crippen molar-refractivity contribution in [2.45, 2.75) is 32.0 Å². The molecule has 0 heterocycles. The Kier molecular flexibility index (Phi) is 3.55. The molecule has 3 rings (SSSR count). The third-order valence-electron chi connectivity index (χ3n) is 4.45. The summed E-state index contributed by atoms with van der Waals surface area (Å²) in [6.45, 7) is 0. The van der Waals surface area contributed by atoms with E-state index in [4.69, 9.17) is 0 Å². The highest BCUT2D eigenvalue weighted by atomic mass is 19.4. The molecule has 3 unspecified atom stereocenters. The maximum atomic E-state index is 12.3. The predicted octanol–water partition coefficient (Wildman–Crippen LogP) is 3.96. The van der Waals surface area contributed by atoms with Crippen molar-refractivity contribution in [1.82, 2.24) is 0 Å². The molecule has 3 nitrogen and oxygen atoms in total. The lowest BCUT2D eigenvalue weighted by Crippen LogP contribution is -2.27. The molecule has 0 spiro atoms. The number of benzene rings is 1. The minimum atomic E-state index is -4.77. The lowest BCUT2D eigenvalue weighted by Gasteiger charge is -2.21. The number of alkyl halides is 3. The van der Waals surface area contributed by atoms with Gasteiger partial charge >= 0.3 is 6.36 Å². The fourth-order valence-electron chi connectivity index (χ4n) is 3.57. The standard InChI is InChI=1S/C15H16F3NO2/c16-15(17,18)21-13-4-2-1-3-12(13)19-14(20)11-8-9-5-6-10(11)7-9/h1-4,9-11H,5-8H2,(H,19,20). The average Bonchev–Trinajstić information content (AvgIpc) is 3.01. The molecule has 1 N–H and O–H groups in total. The number of hydrogen-bond acceptors (Lipinski definition) is 2. The summed E-state index contributed by atoms with van der Waals surface area (Å²) in [5, 5.41) is 2.60. The van der Waals surface area contributed by atoms with Crippen LogP contribution in [0.4, 0.5) is 18.9 Å². The molecule has 0 radical (unpaired) electrons. The summed E-state index contributed by atoms with van der Waals surface area (Å²) in [4.78, 5) is 12.3. The summed E-state index contributed by atoms with van der Waals surface area (Å²) in [5.41, 5.74) is 0.0719. The Bertz CT molecular complexity index is 544. The Morgan fingerprint density at radius 3 is 2.57 bits per heavy atom. The molecule has 21 heavy (non-hydrogen) atoms. The number of para-hydroxylation sites is 2. The van der Waals surface area contributed by atoms with Crippen LogP contribution in [-0.4, -0.2) is 12.3 Å². The van der Waals surface area contributed by atoms with E-state index in [1.54, 1.807) is 6.07 Å². The van der Waals surface area contributed by atoms with Gasteiger partial charge < -0.3 is 10.1 Å². The van der Waals surface area contributed by atoms with Gasteiger partial charge in [0, 0.05) is 5.92 Å². The highest BCUT2D eigenvalue weighted by Gasteiger charge is 2.43. The van der Waals surface area contributed by atoms with E-state index in [0.29, 0.717) is 11.8 Å². The van der Waals surface area contributed by atoms with Crippen molar-refractivity contribution in [3.63, 3.8) is 0 Å². The fourth-order valence-corrected chi connectivity index (χ4v) is 3.57. The smallest absolute Gasteiger partial charge is 0.404 e. The van der Waals surface area contributed by atoms with Gasteiger partial charge in [0.2, 0.25) is 5.91 Å². The Labute approximate surface area is 120 Å². The third kappa shape index (κ3) is 3.14. The molecule has 1 aromatic rings. The summed E-state index contributed by atoms with van der Waals surface area (Å²) >= 11 is 0. The number of ether oxygens (including phenoxy) is 1. The first kappa shape index (κ1) is 14.2. The number of halogens is 3. The van der Waals surface area contributed by atoms with Crippen molar-refractivity contribution in [2.24, 2.45) is 17.8 Å². The SMILES string of the molecule is O=C(Nc1ccccc1OC(F)(F)F)C1CC2CCC1C2. The second-order valence-corrected chi connectivity index (χ2v) is 5.81. The van der Waals surface area contributed by atoms with Crippen LogP contribution in [0.5, 0.6) is 5.75 Å². The molecule has 1 aromatic carbocycles. The summed E-state index contributed by atoms with van der Waals surface area (Å²) in [7, 11) is 0. The van der Waals surface area contributed by atoms with Crippen LogP contribution >= 0.6 is 0 Å². The Balaban J connectivity index is 1.71. The summed E-state index contributed by atoms with van der Waals surface area (Å²) < 4.78 is 41.0. The zero-order valence-corrected chi connectivity index (χ0v) is 11.3. The van der Waals surface area contributed by atoms with Crippen LogP contribution in [-0.2, 0) is 4.79 Å². The van der Waals surface area contributed by atoms with E-state index < -0.39 is 6.36 Å². The van der Waals surface area contributed by atoms with Crippen LogP contribution in [0.25, 0.3) is 0 Å². The van der Waals surface area contributed by atoms with Crippen LogP contribution in [0.15, 0.2) is 24.3 Å². The average molecular weight is 299 g/mol. The van der Waals surface area contributed by atoms with Gasteiger partial charge in [0.15, 0.2) is 5.75 Å². The van der Waals surface area contributed by atoms with Crippen LogP contribution in [0.3, 0.4) is 0 Å². The second-order valence-electron chi connectivity index (χ2n) is 5.81. The molecular weight excluding hydrogens is 283 g/mol. The lowest BCUT2D eigenvalue weighted by atomic mass is 9.88. The monoisotopic (exact) mass is 299 g/mol. The van der Waals surface area contributed by atoms with Gasteiger partial charge in [0.05, 0.1) is 5.69 Å². The van der Waals surface area contributed by atoms with E-state index in [1.807, 2.05) is 0 Å². The predicted molar refractivity (Wildman–Crippen MR) is 70.7 cm³/mol. The normalized spacial score (nSPS) is 27.7. The van der Waals surface area contributed by atoms with E-state index in [0.717, 1.165) is 19.3 Å². The number of rotatable bonds is 3. The van der Waals surface area contributed by atoms with Crippen LogP contribution in [0.1, 0.15) is 25.7 Å². The highest BCUT2D eigenvalue weighted by molar-refractivity contribution is 5.94. The van der Waals surface area contributed by atoms with E-state index in [9.17, 15) is 18.0 Å². The van der Waals surface area contributed by atoms with Gasteiger partial charge in [-0.05, 0) is 43.2 Å². The van der Waals surface area contributed by atoms with Crippen molar-refractivity contribution in [3.05, 3.63) is 24.3 Å². The molecule has 3 atom stereocenters. The molecule has 2 aliphatic rings. The van der Waals surface area contributed by atoms with Gasteiger partial charge in [0.25, 0.3) is 0 Å². The number of carbonyl (C=O) groups is 1. The maximum Gasteiger partial charge on any atom is 0.573 e. The molecule has 6 heteroatoms. The molecule has 0 aliphatic heterocycles. The molecule has 0 aromatic heterocycles. The summed E-state index contributed by atoms with van der Waals surface area (Å²) in [6, 6.07) is 5.63. The van der Waals surface area contributed by atoms with Crippen LogP contribution < -0.4 is 10.1 Å². The second kappa shape index (κ2) is 5.24. The minimum absolute atomic E-state index is 0.0719. The van der Waals surface area contributed by atoms with Gasteiger partial charge in [-0.1, -0.05) is 18.6 Å².